The maximum Gasteiger partial charge on any atom is 0.190 e. The average molecular weight is 449 g/mol. The van der Waals surface area contributed by atoms with Crippen LogP contribution in [0.5, 0.6) is 0 Å². The molecule has 0 atom stereocenters. The molecule has 0 aliphatic heterocycles. The highest BCUT2D eigenvalue weighted by molar-refractivity contribution is 6.25. The highest BCUT2D eigenvalue weighted by Gasteiger charge is 2.36. The SMILES string of the molecule is Cc1c2c3c(c(=O)c(C)c4c-3c(c1=O)c1c(C)c(=O)c3c5c(c(C)c(=O)c4c1-5)CCC3)CCC2. The van der Waals surface area contributed by atoms with Crippen LogP contribution in [0.1, 0.15) is 57.3 Å². The Kier molecular flexibility index (Phi) is 3.64. The van der Waals surface area contributed by atoms with Gasteiger partial charge in [0.25, 0.3) is 0 Å². The summed E-state index contributed by atoms with van der Waals surface area (Å²) in [5, 5.41) is 2.35. The molecule has 0 unspecified atom stereocenters. The summed E-state index contributed by atoms with van der Waals surface area (Å²) in [5.74, 6) is 0. The van der Waals surface area contributed by atoms with E-state index in [1.165, 1.54) is 0 Å². The molecule has 0 saturated heterocycles. The van der Waals surface area contributed by atoms with Gasteiger partial charge < -0.3 is 0 Å². The monoisotopic (exact) mass is 448 g/mol. The van der Waals surface area contributed by atoms with Crippen molar-refractivity contribution in [3.63, 3.8) is 0 Å². The van der Waals surface area contributed by atoms with E-state index in [4.69, 9.17) is 0 Å². The molecular formula is C30H24O4. The van der Waals surface area contributed by atoms with Crippen molar-refractivity contribution in [1.82, 2.24) is 0 Å². The van der Waals surface area contributed by atoms with Crippen LogP contribution in [-0.2, 0) is 25.7 Å². The van der Waals surface area contributed by atoms with Gasteiger partial charge in [-0.15, -0.1) is 0 Å². The van der Waals surface area contributed by atoms with E-state index in [-0.39, 0.29) is 21.7 Å². The fraction of sp³-hybridized carbons (Fsp3) is 0.333. The molecule has 6 aliphatic rings. The van der Waals surface area contributed by atoms with Gasteiger partial charge in [0.15, 0.2) is 21.7 Å². The second-order valence-corrected chi connectivity index (χ2v) is 10.4. The number of aryl methyl sites for hydroxylation is 2. The Bertz CT molecular complexity index is 1770. The van der Waals surface area contributed by atoms with Crippen LogP contribution in [0.25, 0.3) is 43.8 Å². The lowest BCUT2D eigenvalue weighted by Crippen LogP contribution is -2.29. The van der Waals surface area contributed by atoms with Crippen molar-refractivity contribution in [2.75, 3.05) is 0 Å². The number of hydrogen-bond acceptors (Lipinski definition) is 4. The number of benzene rings is 5. The summed E-state index contributed by atoms with van der Waals surface area (Å²) in [6.45, 7) is 7.31. The standard InChI is InChI=1S/C30H24O4/c1-11-15-7-5-9-17-21(15)23-20(14(4)27(17)31)26-24-19(25(23)29(11)33)13(3)28(32)18-10-6-8-16(22(18)24)12(2)30(26)34/h5-10H2,1-4H3. The third-order valence-electron chi connectivity index (χ3n) is 8.93. The Hall–Kier alpha value is -3.40. The van der Waals surface area contributed by atoms with Gasteiger partial charge in [0.2, 0.25) is 0 Å². The fourth-order valence-electron chi connectivity index (χ4n) is 7.34. The molecule has 34 heavy (non-hydrogen) atoms. The third-order valence-corrected chi connectivity index (χ3v) is 8.93. The van der Waals surface area contributed by atoms with E-state index in [9.17, 15) is 19.2 Å². The molecule has 168 valence electrons. The highest BCUT2D eigenvalue weighted by Crippen LogP contribution is 2.50. The van der Waals surface area contributed by atoms with Gasteiger partial charge in [-0.25, -0.2) is 0 Å². The molecule has 0 heterocycles. The minimum absolute atomic E-state index is 0.00494. The molecule has 1 aromatic rings. The molecule has 0 spiro atoms. The summed E-state index contributed by atoms with van der Waals surface area (Å²) in [7, 11) is 0. The second kappa shape index (κ2) is 6.18. The van der Waals surface area contributed by atoms with E-state index in [1.807, 2.05) is 13.8 Å². The smallest absolute Gasteiger partial charge is 0.190 e. The predicted molar refractivity (Wildman–Crippen MR) is 136 cm³/mol. The van der Waals surface area contributed by atoms with E-state index in [1.54, 1.807) is 13.8 Å². The number of hydrogen-bond donors (Lipinski definition) is 0. The van der Waals surface area contributed by atoms with E-state index < -0.39 is 0 Å². The summed E-state index contributed by atoms with van der Waals surface area (Å²) >= 11 is 0. The predicted octanol–water partition coefficient (Wildman–Crippen LogP) is 4.17. The lowest BCUT2D eigenvalue weighted by Gasteiger charge is -2.31. The third kappa shape index (κ3) is 1.99. The molecule has 4 heteroatoms. The van der Waals surface area contributed by atoms with Crippen molar-refractivity contribution in [3.8, 4) is 22.3 Å². The molecule has 0 N–H and O–H groups in total. The van der Waals surface area contributed by atoms with Crippen molar-refractivity contribution in [1.29, 1.82) is 0 Å². The minimum Gasteiger partial charge on any atom is -0.289 e. The summed E-state index contributed by atoms with van der Waals surface area (Å²) in [6.07, 6.45) is 4.53. The van der Waals surface area contributed by atoms with Crippen molar-refractivity contribution >= 4 is 21.5 Å². The quantitative estimate of drug-likeness (QED) is 0.263. The number of rotatable bonds is 0. The van der Waals surface area contributed by atoms with Crippen molar-refractivity contribution in [2.45, 2.75) is 66.2 Å². The van der Waals surface area contributed by atoms with Crippen LogP contribution in [0.2, 0.25) is 0 Å². The van der Waals surface area contributed by atoms with Gasteiger partial charge in [0.1, 0.15) is 0 Å². The van der Waals surface area contributed by atoms with Crippen LogP contribution in [-0.4, -0.2) is 0 Å². The summed E-state index contributed by atoms with van der Waals surface area (Å²) in [4.78, 5) is 55.2. The summed E-state index contributed by atoms with van der Waals surface area (Å²) in [6, 6.07) is 0. The van der Waals surface area contributed by atoms with Gasteiger partial charge in [-0.3, -0.25) is 19.2 Å². The molecule has 0 fully saturated rings. The molecule has 4 nitrogen and oxygen atoms in total. The summed E-state index contributed by atoms with van der Waals surface area (Å²) in [5.41, 5.74) is 8.94. The van der Waals surface area contributed by atoms with Gasteiger partial charge in [-0.2, -0.15) is 0 Å². The van der Waals surface area contributed by atoms with Crippen molar-refractivity contribution in [3.05, 3.63) is 85.4 Å². The molecule has 0 bridgehead atoms. The Morgan fingerprint density at radius 3 is 1.12 bits per heavy atom. The minimum atomic E-state index is -0.0662. The normalized spacial score (nSPS) is 15.4. The maximum absolute atomic E-state index is 14.0. The first kappa shape index (κ1) is 20.0. The van der Waals surface area contributed by atoms with Crippen LogP contribution in [0.4, 0.5) is 0 Å². The zero-order valence-electron chi connectivity index (χ0n) is 19.9. The molecule has 0 amide bonds. The molecule has 1 aromatic carbocycles. The second-order valence-electron chi connectivity index (χ2n) is 10.4. The van der Waals surface area contributed by atoms with Crippen LogP contribution in [0, 0.1) is 27.7 Å². The number of fused-ring (bicyclic) bond motifs is 2. The van der Waals surface area contributed by atoms with Gasteiger partial charge in [-0.1, -0.05) is 0 Å². The van der Waals surface area contributed by atoms with E-state index in [0.29, 0.717) is 56.6 Å². The average Bonchev–Trinajstić information content (AvgIpc) is 2.85. The fourth-order valence-corrected chi connectivity index (χ4v) is 7.34. The maximum atomic E-state index is 14.0. The first-order chi connectivity index (χ1) is 16.3. The molecule has 0 aromatic heterocycles. The Morgan fingerprint density at radius 1 is 0.382 bits per heavy atom. The van der Waals surface area contributed by atoms with E-state index in [2.05, 4.69) is 0 Å². The molecule has 0 saturated carbocycles. The van der Waals surface area contributed by atoms with Gasteiger partial charge in [-0.05, 0) is 88.5 Å². The Balaban J connectivity index is 1.99. The van der Waals surface area contributed by atoms with Crippen molar-refractivity contribution < 1.29 is 0 Å². The van der Waals surface area contributed by atoms with Crippen LogP contribution >= 0.6 is 0 Å². The van der Waals surface area contributed by atoms with Crippen molar-refractivity contribution in [2.24, 2.45) is 0 Å². The largest absolute Gasteiger partial charge is 0.289 e. The van der Waals surface area contributed by atoms with Gasteiger partial charge in [0.05, 0.1) is 0 Å². The van der Waals surface area contributed by atoms with Crippen LogP contribution < -0.4 is 21.7 Å². The zero-order valence-corrected chi connectivity index (χ0v) is 19.9. The Labute approximate surface area is 195 Å². The lowest BCUT2D eigenvalue weighted by atomic mass is 9.70. The Morgan fingerprint density at radius 2 is 0.735 bits per heavy atom. The highest BCUT2D eigenvalue weighted by atomic mass is 16.1. The molecule has 0 radical (unpaired) electrons. The van der Waals surface area contributed by atoms with E-state index >= 15 is 0 Å². The first-order valence-electron chi connectivity index (χ1n) is 12.2. The molecule has 6 aliphatic carbocycles. The van der Waals surface area contributed by atoms with Crippen LogP contribution in [0.15, 0.2) is 19.2 Å². The van der Waals surface area contributed by atoms with Gasteiger partial charge >= 0.3 is 0 Å². The lowest BCUT2D eigenvalue weighted by molar-refractivity contribution is 0.783. The summed E-state index contributed by atoms with van der Waals surface area (Å²) < 4.78 is 0. The zero-order chi connectivity index (χ0) is 23.8. The molecule has 7 rings (SSSR count). The first-order valence-corrected chi connectivity index (χ1v) is 12.2. The topological polar surface area (TPSA) is 68.3 Å². The molecular weight excluding hydrogens is 424 g/mol. The van der Waals surface area contributed by atoms with Crippen LogP contribution in [0.3, 0.4) is 0 Å². The van der Waals surface area contributed by atoms with E-state index in [0.717, 1.165) is 70.2 Å². The van der Waals surface area contributed by atoms with Gasteiger partial charge in [0, 0.05) is 66.1 Å².